The minimum absolute atomic E-state index is 0.100. The van der Waals surface area contributed by atoms with Crippen molar-refractivity contribution in [1.82, 2.24) is 42.1 Å². The molecule has 8 aromatic rings. The van der Waals surface area contributed by atoms with Crippen LogP contribution in [-0.4, -0.2) is 80.7 Å². The summed E-state index contributed by atoms with van der Waals surface area (Å²) in [6.07, 6.45) is 9.74. The Morgan fingerprint density at radius 2 is 1.03 bits per heavy atom. The Kier molecular flexibility index (Phi) is 17.3. The van der Waals surface area contributed by atoms with Gasteiger partial charge in [0.15, 0.2) is 11.3 Å². The van der Waals surface area contributed by atoms with Gasteiger partial charge in [-0.25, -0.2) is 41.5 Å². The number of pyridine rings is 2. The molecule has 1 amide bonds. The summed E-state index contributed by atoms with van der Waals surface area (Å²) in [5, 5.41) is 16.4. The van der Waals surface area contributed by atoms with Gasteiger partial charge in [-0.3, -0.25) is 32.6 Å². The van der Waals surface area contributed by atoms with E-state index in [0.29, 0.717) is 49.2 Å². The number of primary sulfonamides is 1. The maximum absolute atomic E-state index is 13.9. The largest absolute Gasteiger partial charge is 0.481 e. The van der Waals surface area contributed by atoms with Gasteiger partial charge in [-0.05, 0) is 127 Å². The lowest BCUT2D eigenvalue weighted by atomic mass is 10.1. The van der Waals surface area contributed by atoms with Crippen molar-refractivity contribution in [3.8, 4) is 0 Å². The minimum atomic E-state index is -3.86. The smallest absolute Gasteiger partial charge is 0.330 e. The maximum Gasteiger partial charge on any atom is 0.330 e. The van der Waals surface area contributed by atoms with Gasteiger partial charge < -0.3 is 14.2 Å². The molecule has 404 valence electrons. The molecule has 0 spiro atoms. The Hall–Kier alpha value is -6.84. The molecular formula is C54H72N10O9S2. The fraction of sp³-hybridized carbons (Fsp3) is 0.444. The number of amides is 1. The summed E-state index contributed by atoms with van der Waals surface area (Å²) in [4.78, 5) is 60.6. The minimum Gasteiger partial charge on any atom is -0.481 e. The molecule has 75 heavy (non-hydrogen) atoms. The van der Waals surface area contributed by atoms with Gasteiger partial charge >= 0.3 is 17.3 Å². The average Bonchev–Trinajstić information content (AvgIpc) is 3.99. The number of hydrogen-bond acceptors (Lipinski definition) is 10. The zero-order valence-corrected chi connectivity index (χ0v) is 46.7. The van der Waals surface area contributed by atoms with E-state index < -0.39 is 53.5 Å². The number of carboxylic acid groups (broad SMARTS) is 1. The number of imidazole rings is 2. The fourth-order valence-electron chi connectivity index (χ4n) is 9.30. The molecule has 6 aromatic heterocycles. The lowest BCUT2D eigenvalue weighted by Crippen LogP contribution is -2.43. The first-order valence-corrected chi connectivity index (χ1v) is 28.0. The van der Waals surface area contributed by atoms with Gasteiger partial charge in [0.05, 0.1) is 46.1 Å². The van der Waals surface area contributed by atoms with Crippen LogP contribution in [0.4, 0.5) is 0 Å². The second-order valence-electron chi connectivity index (χ2n) is 21.1. The van der Waals surface area contributed by atoms with Crippen molar-refractivity contribution >= 4 is 76.1 Å². The van der Waals surface area contributed by atoms with Gasteiger partial charge in [0.1, 0.15) is 0 Å². The van der Waals surface area contributed by atoms with Crippen LogP contribution in [0.25, 0.3) is 44.1 Å². The number of aromatic nitrogens is 8. The van der Waals surface area contributed by atoms with Crippen LogP contribution in [0.3, 0.4) is 0 Å². The molecule has 0 aliphatic rings. The third kappa shape index (κ3) is 12.3. The van der Waals surface area contributed by atoms with E-state index >= 15 is 0 Å². The molecule has 0 fully saturated rings. The Morgan fingerprint density at radius 1 is 0.640 bits per heavy atom. The predicted octanol–water partition coefficient (Wildman–Crippen LogP) is 7.96. The number of benzene rings is 2. The summed E-state index contributed by atoms with van der Waals surface area (Å²) < 4.78 is 56.9. The summed E-state index contributed by atoms with van der Waals surface area (Å²) in [7, 11) is -3.21. The molecular weight excluding hydrogens is 997 g/mol. The number of sulfonamides is 2. The standard InChI is InChI=1S/C27H35N5O4S.C23H26N4O3.C4H11NO2S/c1-7-10-20(15-23(33)29-37(35,36)27(3,4)5)32-25-22(13-9-14-28-25)31(26(32)34)17-19-16-30(6)21-12-8-11-18(2)24(19)21;1-4-7-17(12-20(28)29)27-22-19(10-6-11-24-22)26(23(27)30)14-16-13-25(3)18-9-5-8-15(2)21(16)18;1-4(2,3)8(5,6)7/h8-9,11-14,16,20H,7,10,15,17H2,1-6H3,(H,29,33);5-6,8-11,13,17H,4,7,12,14H2,1-3H3,(H,28,29);1-3H3,(H2,5,6,7)/t;17-;/m.0./s1. The molecule has 0 bridgehead atoms. The van der Waals surface area contributed by atoms with Gasteiger partial charge in [-0.15, -0.1) is 0 Å². The van der Waals surface area contributed by atoms with Crippen molar-refractivity contribution in [1.29, 1.82) is 0 Å². The average molecular weight is 1070 g/mol. The summed E-state index contributed by atoms with van der Waals surface area (Å²) in [5.41, 5.74) is 8.49. The third-order valence-corrected chi connectivity index (χ3v) is 17.2. The van der Waals surface area contributed by atoms with Gasteiger partial charge in [0, 0.05) is 73.2 Å². The van der Waals surface area contributed by atoms with Crippen LogP contribution in [0.5, 0.6) is 0 Å². The van der Waals surface area contributed by atoms with Crippen molar-refractivity contribution in [2.24, 2.45) is 19.2 Å². The van der Waals surface area contributed by atoms with E-state index in [4.69, 9.17) is 5.14 Å². The summed E-state index contributed by atoms with van der Waals surface area (Å²) >= 11 is 0. The van der Waals surface area contributed by atoms with Crippen LogP contribution >= 0.6 is 0 Å². The molecule has 4 N–H and O–H groups in total. The van der Waals surface area contributed by atoms with Crippen molar-refractivity contribution in [3.05, 3.63) is 129 Å². The van der Waals surface area contributed by atoms with Crippen LogP contribution in [0, 0.1) is 13.8 Å². The Bertz CT molecular complexity index is 3750. The maximum atomic E-state index is 13.9. The molecule has 0 saturated carbocycles. The second kappa shape index (κ2) is 22.6. The van der Waals surface area contributed by atoms with Crippen molar-refractivity contribution in [2.45, 2.75) is 142 Å². The second-order valence-corrected chi connectivity index (χ2v) is 25.9. The number of nitrogens with zero attached hydrogens (tertiary/aromatic N) is 8. The van der Waals surface area contributed by atoms with Crippen LogP contribution in [0.2, 0.25) is 0 Å². The number of carboxylic acids is 1. The summed E-state index contributed by atoms with van der Waals surface area (Å²) in [6.45, 7) is 18.1. The first-order chi connectivity index (χ1) is 35.0. The van der Waals surface area contributed by atoms with Crippen LogP contribution in [0.15, 0.2) is 95.0 Å². The highest BCUT2D eigenvalue weighted by Gasteiger charge is 2.33. The first kappa shape index (κ1) is 57.4. The quantitative estimate of drug-likeness (QED) is 0.0888. The number of carbonyl (C=O) groups excluding carboxylic acids is 1. The monoisotopic (exact) mass is 1070 g/mol. The van der Waals surface area contributed by atoms with E-state index in [0.717, 1.165) is 56.0 Å². The van der Waals surface area contributed by atoms with E-state index in [1.165, 1.54) is 20.8 Å². The number of fused-ring (bicyclic) bond motifs is 4. The molecule has 21 heteroatoms. The molecule has 19 nitrogen and oxygen atoms in total. The Balaban J connectivity index is 0.000000216. The summed E-state index contributed by atoms with van der Waals surface area (Å²) in [6, 6.07) is 18.7. The number of aryl methyl sites for hydroxylation is 4. The number of nitrogens with two attached hydrogens (primary N) is 1. The highest BCUT2D eigenvalue weighted by molar-refractivity contribution is 7.91. The third-order valence-electron chi connectivity index (χ3n) is 13.4. The number of nitrogens with one attached hydrogen (secondary N) is 1. The van der Waals surface area contributed by atoms with Gasteiger partial charge in [-0.1, -0.05) is 51.0 Å². The number of carbonyl (C=O) groups is 2. The summed E-state index contributed by atoms with van der Waals surface area (Å²) in [5.74, 6) is -1.55. The zero-order chi connectivity index (χ0) is 55.5. The molecule has 1 unspecified atom stereocenters. The van der Waals surface area contributed by atoms with E-state index in [-0.39, 0.29) is 24.2 Å². The van der Waals surface area contributed by atoms with Gasteiger partial charge in [0.2, 0.25) is 26.0 Å². The lowest BCUT2D eigenvalue weighted by molar-refractivity contribution is -0.138. The zero-order valence-electron chi connectivity index (χ0n) is 45.1. The van der Waals surface area contributed by atoms with E-state index in [1.807, 2.05) is 64.5 Å². The van der Waals surface area contributed by atoms with Crippen molar-refractivity contribution < 1.29 is 31.5 Å². The van der Waals surface area contributed by atoms with E-state index in [9.17, 15) is 41.1 Å². The number of rotatable bonds is 15. The molecule has 2 aromatic carbocycles. The normalized spacial score (nSPS) is 13.1. The number of hydrogen-bond donors (Lipinski definition) is 3. The highest BCUT2D eigenvalue weighted by Crippen LogP contribution is 2.30. The molecule has 0 aliphatic heterocycles. The van der Waals surface area contributed by atoms with Crippen LogP contribution in [0.1, 0.15) is 128 Å². The molecule has 2 atom stereocenters. The lowest BCUT2D eigenvalue weighted by Gasteiger charge is -2.21. The van der Waals surface area contributed by atoms with Crippen LogP contribution < -0.4 is 21.2 Å². The van der Waals surface area contributed by atoms with Gasteiger partial charge in [0.25, 0.3) is 0 Å². The SMILES string of the molecule is CC(C)(C)S(N)(=O)=O.CCCC(CC(=O)NS(=O)(=O)C(C)(C)C)n1c(=O)n(Cc2cn(C)c3cccc(C)c23)c2cccnc21.CCC[C@@H](CC(=O)O)n1c(=O)n(Cc2cn(C)c3cccc(C)c23)c2cccnc21. The highest BCUT2D eigenvalue weighted by atomic mass is 32.2. The van der Waals surface area contributed by atoms with Crippen LogP contribution in [-0.2, 0) is 56.8 Å². The van der Waals surface area contributed by atoms with Crippen molar-refractivity contribution in [2.75, 3.05) is 0 Å². The Labute approximate surface area is 438 Å². The van der Waals surface area contributed by atoms with E-state index in [1.54, 1.807) is 57.5 Å². The molecule has 0 radical (unpaired) electrons. The fourth-order valence-corrected chi connectivity index (χ4v) is 9.99. The molecule has 8 rings (SSSR count). The molecule has 0 saturated heterocycles. The Morgan fingerprint density at radius 3 is 1.39 bits per heavy atom. The van der Waals surface area contributed by atoms with Crippen molar-refractivity contribution in [3.63, 3.8) is 0 Å². The van der Waals surface area contributed by atoms with E-state index in [2.05, 4.69) is 68.1 Å². The molecule has 6 heterocycles. The molecule has 0 aliphatic carbocycles. The van der Waals surface area contributed by atoms with Gasteiger partial charge in [-0.2, -0.15) is 0 Å². The predicted molar refractivity (Wildman–Crippen MR) is 296 cm³/mol. The first-order valence-electron chi connectivity index (χ1n) is 25.0. The number of aliphatic carboxylic acids is 1. The topological polar surface area (TPSA) is 250 Å².